The Morgan fingerprint density at radius 3 is 2.32 bits per heavy atom. The Hall–Kier alpha value is -1.55. The van der Waals surface area contributed by atoms with Crippen LogP contribution in [0.3, 0.4) is 0 Å². The van der Waals surface area contributed by atoms with Crippen LogP contribution in [0.15, 0.2) is 36.2 Å². The van der Waals surface area contributed by atoms with Gasteiger partial charge in [0.1, 0.15) is 12.4 Å². The maximum Gasteiger partial charge on any atom is 0.253 e. The SMILES string of the molecule is CC/C(=C\F)COc1ccc(C(=O)N(C)C)cc1.Cl. The van der Waals surface area contributed by atoms with Gasteiger partial charge >= 0.3 is 0 Å². The van der Waals surface area contributed by atoms with Gasteiger partial charge in [-0.3, -0.25) is 4.79 Å². The molecule has 0 aromatic heterocycles. The lowest BCUT2D eigenvalue weighted by molar-refractivity contribution is 0.0827. The summed E-state index contributed by atoms with van der Waals surface area (Å²) >= 11 is 0. The molecule has 1 aromatic rings. The van der Waals surface area contributed by atoms with Gasteiger partial charge in [0.05, 0.1) is 6.33 Å². The first kappa shape index (κ1) is 17.4. The molecule has 0 N–H and O–H groups in total. The van der Waals surface area contributed by atoms with Crippen LogP contribution in [0.2, 0.25) is 0 Å². The number of ether oxygens (including phenoxy) is 1. The van der Waals surface area contributed by atoms with Crippen molar-refractivity contribution < 1.29 is 13.9 Å². The number of hydrogen-bond donors (Lipinski definition) is 0. The zero-order valence-corrected chi connectivity index (χ0v) is 12.2. The zero-order valence-electron chi connectivity index (χ0n) is 11.4. The highest BCUT2D eigenvalue weighted by atomic mass is 35.5. The van der Waals surface area contributed by atoms with Gasteiger partial charge in [-0.1, -0.05) is 6.92 Å². The minimum atomic E-state index is -0.0561. The Morgan fingerprint density at radius 2 is 1.89 bits per heavy atom. The number of nitrogens with zero attached hydrogens (tertiary/aromatic N) is 1. The summed E-state index contributed by atoms with van der Waals surface area (Å²) in [6.45, 7) is 2.10. The molecule has 1 rings (SSSR count). The molecule has 0 aliphatic rings. The van der Waals surface area contributed by atoms with Crippen LogP contribution >= 0.6 is 12.4 Å². The fourth-order valence-corrected chi connectivity index (χ4v) is 1.34. The van der Waals surface area contributed by atoms with Gasteiger partial charge in [-0.25, -0.2) is 4.39 Å². The highest BCUT2D eigenvalue weighted by molar-refractivity contribution is 5.93. The van der Waals surface area contributed by atoms with Crippen molar-refractivity contribution in [3.8, 4) is 5.75 Å². The summed E-state index contributed by atoms with van der Waals surface area (Å²) in [5.74, 6) is 0.567. The van der Waals surface area contributed by atoms with E-state index in [2.05, 4.69) is 0 Å². The first-order valence-corrected chi connectivity index (χ1v) is 5.81. The third kappa shape index (κ3) is 5.30. The lowest BCUT2D eigenvalue weighted by atomic mass is 10.2. The van der Waals surface area contributed by atoms with Crippen LogP contribution in [-0.4, -0.2) is 31.5 Å². The largest absolute Gasteiger partial charge is 0.489 e. The van der Waals surface area contributed by atoms with Crippen molar-refractivity contribution in [1.82, 2.24) is 4.90 Å². The van der Waals surface area contributed by atoms with E-state index in [1.54, 1.807) is 38.4 Å². The van der Waals surface area contributed by atoms with E-state index in [4.69, 9.17) is 4.74 Å². The van der Waals surface area contributed by atoms with Gasteiger partial charge in [0.25, 0.3) is 5.91 Å². The minimum Gasteiger partial charge on any atom is -0.489 e. The van der Waals surface area contributed by atoms with E-state index in [9.17, 15) is 9.18 Å². The number of carbonyl (C=O) groups excluding carboxylic acids is 1. The first-order chi connectivity index (χ1) is 8.58. The van der Waals surface area contributed by atoms with Crippen LogP contribution in [0.1, 0.15) is 23.7 Å². The highest BCUT2D eigenvalue weighted by Crippen LogP contribution is 2.14. The molecule has 19 heavy (non-hydrogen) atoms. The Morgan fingerprint density at radius 1 is 1.32 bits per heavy atom. The van der Waals surface area contributed by atoms with E-state index in [1.807, 2.05) is 6.92 Å². The van der Waals surface area contributed by atoms with Crippen molar-refractivity contribution >= 4 is 18.3 Å². The van der Waals surface area contributed by atoms with Crippen LogP contribution in [0.5, 0.6) is 5.75 Å². The number of hydrogen-bond acceptors (Lipinski definition) is 2. The molecule has 0 bridgehead atoms. The highest BCUT2D eigenvalue weighted by Gasteiger charge is 2.07. The predicted octanol–water partition coefficient (Wildman–Crippen LogP) is 3.45. The smallest absolute Gasteiger partial charge is 0.253 e. The Labute approximate surface area is 119 Å². The zero-order chi connectivity index (χ0) is 13.5. The number of carbonyl (C=O) groups is 1. The van der Waals surface area contributed by atoms with E-state index >= 15 is 0 Å². The molecular weight excluding hydrogens is 269 g/mol. The van der Waals surface area contributed by atoms with Crippen molar-refractivity contribution in [3.63, 3.8) is 0 Å². The van der Waals surface area contributed by atoms with Gasteiger partial charge in [0.2, 0.25) is 0 Å². The molecule has 0 atom stereocenters. The van der Waals surface area contributed by atoms with Gasteiger partial charge in [0.15, 0.2) is 0 Å². The standard InChI is InChI=1S/C14H18FNO2.ClH/c1-4-11(9-15)10-18-13-7-5-12(6-8-13)14(17)16(2)3;/h5-9H,4,10H2,1-3H3;1H/b11-9+;. The third-order valence-corrected chi connectivity index (χ3v) is 2.54. The Kier molecular flexibility index (Phi) is 7.84. The third-order valence-electron chi connectivity index (χ3n) is 2.54. The maximum atomic E-state index is 12.3. The van der Waals surface area contributed by atoms with E-state index in [0.717, 1.165) is 0 Å². The molecule has 0 radical (unpaired) electrons. The average molecular weight is 288 g/mol. The van der Waals surface area contributed by atoms with E-state index in [1.165, 1.54) is 4.90 Å². The molecule has 1 aromatic carbocycles. The van der Waals surface area contributed by atoms with Gasteiger partial charge in [-0.15, -0.1) is 12.4 Å². The monoisotopic (exact) mass is 287 g/mol. The second-order valence-corrected chi connectivity index (χ2v) is 4.13. The molecule has 3 nitrogen and oxygen atoms in total. The molecule has 0 aliphatic carbocycles. The Balaban J connectivity index is 0.00000324. The summed E-state index contributed by atoms with van der Waals surface area (Å²) in [5, 5.41) is 0. The van der Waals surface area contributed by atoms with Crippen molar-refractivity contribution in [2.75, 3.05) is 20.7 Å². The molecular formula is C14H19ClFNO2. The topological polar surface area (TPSA) is 29.5 Å². The summed E-state index contributed by atoms with van der Waals surface area (Å²) in [4.78, 5) is 13.2. The normalized spacial score (nSPS) is 10.6. The van der Waals surface area contributed by atoms with Gasteiger partial charge in [-0.2, -0.15) is 0 Å². The fraction of sp³-hybridized carbons (Fsp3) is 0.357. The van der Waals surface area contributed by atoms with Crippen LogP contribution in [-0.2, 0) is 0 Å². The molecule has 106 valence electrons. The van der Waals surface area contributed by atoms with Crippen molar-refractivity contribution in [2.24, 2.45) is 0 Å². The summed E-state index contributed by atoms with van der Waals surface area (Å²) in [6, 6.07) is 6.81. The van der Waals surface area contributed by atoms with Crippen LogP contribution in [0.4, 0.5) is 4.39 Å². The van der Waals surface area contributed by atoms with Gasteiger partial charge < -0.3 is 9.64 Å². The fourth-order valence-electron chi connectivity index (χ4n) is 1.34. The molecule has 0 saturated heterocycles. The molecule has 0 spiro atoms. The lowest BCUT2D eigenvalue weighted by Crippen LogP contribution is -2.21. The number of rotatable bonds is 5. The predicted molar refractivity (Wildman–Crippen MR) is 76.7 cm³/mol. The molecule has 0 fully saturated rings. The van der Waals surface area contributed by atoms with E-state index < -0.39 is 0 Å². The lowest BCUT2D eigenvalue weighted by Gasteiger charge is -2.11. The van der Waals surface area contributed by atoms with Crippen molar-refractivity contribution in [3.05, 3.63) is 41.7 Å². The summed E-state index contributed by atoms with van der Waals surface area (Å²) in [6.07, 6.45) is 1.19. The summed E-state index contributed by atoms with van der Waals surface area (Å²) in [7, 11) is 3.40. The van der Waals surface area contributed by atoms with Crippen molar-refractivity contribution in [1.29, 1.82) is 0 Å². The number of benzene rings is 1. The molecule has 0 saturated carbocycles. The number of amides is 1. The molecule has 1 amide bonds. The van der Waals surface area contributed by atoms with Crippen LogP contribution < -0.4 is 4.74 Å². The van der Waals surface area contributed by atoms with Crippen LogP contribution in [0.25, 0.3) is 0 Å². The second kappa shape index (κ2) is 8.53. The van der Waals surface area contributed by atoms with Crippen LogP contribution in [0, 0.1) is 0 Å². The quantitative estimate of drug-likeness (QED) is 0.830. The summed E-state index contributed by atoms with van der Waals surface area (Å²) < 4.78 is 17.7. The summed E-state index contributed by atoms with van der Waals surface area (Å²) in [5.41, 5.74) is 1.20. The van der Waals surface area contributed by atoms with Crippen molar-refractivity contribution in [2.45, 2.75) is 13.3 Å². The molecule has 0 heterocycles. The maximum absolute atomic E-state index is 12.3. The second-order valence-electron chi connectivity index (χ2n) is 4.13. The first-order valence-electron chi connectivity index (χ1n) is 5.81. The Bertz CT molecular complexity index is 430. The molecule has 0 unspecified atom stereocenters. The molecule has 0 aliphatic heterocycles. The average Bonchev–Trinajstić information content (AvgIpc) is 2.39. The number of halogens is 2. The molecule has 5 heteroatoms. The van der Waals surface area contributed by atoms with Gasteiger partial charge in [-0.05, 0) is 36.3 Å². The van der Waals surface area contributed by atoms with E-state index in [-0.39, 0.29) is 24.9 Å². The van der Waals surface area contributed by atoms with Gasteiger partial charge in [0, 0.05) is 19.7 Å². The van der Waals surface area contributed by atoms with E-state index in [0.29, 0.717) is 29.6 Å². The minimum absolute atomic E-state index is 0.